The van der Waals surface area contributed by atoms with E-state index in [1.54, 1.807) is 6.92 Å². The summed E-state index contributed by atoms with van der Waals surface area (Å²) in [4.78, 5) is 31.6. The van der Waals surface area contributed by atoms with Crippen LogP contribution in [0.4, 0.5) is 5.69 Å². The summed E-state index contributed by atoms with van der Waals surface area (Å²) in [5, 5.41) is 2.92. The zero-order chi connectivity index (χ0) is 19.9. The number of aromatic amines is 1. The molecule has 0 radical (unpaired) electrons. The fourth-order valence-electron chi connectivity index (χ4n) is 3.54. The topological polar surface area (TPSA) is 84.1 Å². The average molecular weight is 383 g/mol. The first-order chi connectivity index (χ1) is 13.5. The van der Waals surface area contributed by atoms with Gasteiger partial charge in [0.15, 0.2) is 0 Å². The molecule has 150 valence electrons. The number of carbonyl (C=O) groups excluding carboxylic acids is 1. The normalized spacial score (nSPS) is 16.4. The van der Waals surface area contributed by atoms with Gasteiger partial charge in [-0.15, -0.1) is 0 Å². The van der Waals surface area contributed by atoms with Gasteiger partial charge in [0.2, 0.25) is 0 Å². The smallest absolute Gasteiger partial charge is 0.253 e. The minimum Gasteiger partial charge on any atom is -0.365 e. The summed E-state index contributed by atoms with van der Waals surface area (Å²) < 4.78 is 5.99. The highest BCUT2D eigenvalue weighted by Crippen LogP contribution is 2.22. The van der Waals surface area contributed by atoms with Crippen molar-refractivity contribution in [1.29, 1.82) is 0 Å². The highest BCUT2D eigenvalue weighted by molar-refractivity contribution is 5.94. The van der Waals surface area contributed by atoms with E-state index in [2.05, 4.69) is 15.3 Å². The van der Waals surface area contributed by atoms with Crippen LogP contribution < -0.4 is 10.9 Å². The van der Waals surface area contributed by atoms with Crippen molar-refractivity contribution in [3.05, 3.63) is 46.4 Å². The molecule has 1 atom stereocenters. The second-order valence-corrected chi connectivity index (χ2v) is 7.40. The number of amides is 1. The van der Waals surface area contributed by atoms with Gasteiger partial charge in [-0.1, -0.05) is 44.7 Å². The van der Waals surface area contributed by atoms with Crippen LogP contribution in [0.2, 0.25) is 0 Å². The van der Waals surface area contributed by atoms with Crippen molar-refractivity contribution >= 4 is 11.6 Å². The van der Waals surface area contributed by atoms with Crippen molar-refractivity contribution in [2.24, 2.45) is 0 Å². The van der Waals surface area contributed by atoms with Gasteiger partial charge in [-0.2, -0.15) is 0 Å². The van der Waals surface area contributed by atoms with Crippen molar-refractivity contribution < 1.29 is 9.53 Å². The summed E-state index contributed by atoms with van der Waals surface area (Å²) in [5.41, 5.74) is 1.96. The number of benzene rings is 1. The lowest BCUT2D eigenvalue weighted by molar-refractivity contribution is -0.130. The number of hydrogen-bond acceptors (Lipinski definition) is 4. The molecule has 2 aromatic rings. The van der Waals surface area contributed by atoms with Crippen molar-refractivity contribution in [2.75, 3.05) is 5.32 Å². The molecule has 1 aliphatic carbocycles. The number of H-pyrrole nitrogens is 1. The monoisotopic (exact) mass is 383 g/mol. The predicted molar refractivity (Wildman–Crippen MR) is 110 cm³/mol. The SMILES string of the molecule is CCc1cc(=O)[nH]c(-c2cccc(NC(=O)C(C)OC3CCCCCC3)c2)n1. The standard InChI is InChI=1S/C22H29N3O3/c1-3-17-14-20(26)25-21(23-17)16-9-8-10-18(13-16)24-22(27)15(2)28-19-11-6-4-5-7-12-19/h8-10,13-15,19H,3-7,11-12H2,1-2H3,(H,24,27)(H,23,25,26). The molecule has 0 bridgehead atoms. The summed E-state index contributed by atoms with van der Waals surface area (Å²) in [7, 11) is 0. The van der Waals surface area contributed by atoms with Crippen molar-refractivity contribution in [2.45, 2.75) is 71.0 Å². The largest absolute Gasteiger partial charge is 0.365 e. The zero-order valence-electron chi connectivity index (χ0n) is 16.7. The highest BCUT2D eigenvalue weighted by Gasteiger charge is 2.20. The third-order valence-corrected chi connectivity index (χ3v) is 5.13. The van der Waals surface area contributed by atoms with Crippen LogP contribution in [0.3, 0.4) is 0 Å². The highest BCUT2D eigenvalue weighted by atomic mass is 16.5. The molecule has 1 aromatic carbocycles. The molecule has 1 saturated carbocycles. The minimum atomic E-state index is -0.506. The van der Waals surface area contributed by atoms with Gasteiger partial charge in [-0.05, 0) is 38.3 Å². The number of rotatable bonds is 6. The van der Waals surface area contributed by atoms with E-state index in [-0.39, 0.29) is 17.6 Å². The average Bonchev–Trinajstić information content (AvgIpc) is 2.96. The second kappa shape index (κ2) is 9.64. The van der Waals surface area contributed by atoms with E-state index < -0.39 is 6.10 Å². The van der Waals surface area contributed by atoms with Gasteiger partial charge in [-0.25, -0.2) is 4.98 Å². The van der Waals surface area contributed by atoms with Gasteiger partial charge in [0, 0.05) is 23.0 Å². The Bertz CT molecular complexity index is 854. The van der Waals surface area contributed by atoms with Gasteiger partial charge < -0.3 is 15.0 Å². The Kier molecular flexibility index (Phi) is 6.98. The molecule has 28 heavy (non-hydrogen) atoms. The fraction of sp³-hybridized carbons (Fsp3) is 0.500. The Morgan fingerprint density at radius 2 is 2.00 bits per heavy atom. The van der Waals surface area contributed by atoms with Gasteiger partial charge in [0.05, 0.1) is 6.10 Å². The molecule has 0 spiro atoms. The number of carbonyl (C=O) groups is 1. The second-order valence-electron chi connectivity index (χ2n) is 7.40. The van der Waals surface area contributed by atoms with Crippen molar-refractivity contribution in [1.82, 2.24) is 9.97 Å². The van der Waals surface area contributed by atoms with Crippen molar-refractivity contribution in [3.8, 4) is 11.4 Å². The Labute approximate surface area is 165 Å². The van der Waals surface area contributed by atoms with Gasteiger partial charge in [0.25, 0.3) is 11.5 Å². The van der Waals surface area contributed by atoms with E-state index in [0.717, 1.165) is 24.1 Å². The Morgan fingerprint density at radius 3 is 2.71 bits per heavy atom. The van der Waals surface area contributed by atoms with Crippen LogP contribution >= 0.6 is 0 Å². The Hall–Kier alpha value is -2.47. The first-order valence-electron chi connectivity index (χ1n) is 10.2. The van der Waals surface area contributed by atoms with Crippen LogP contribution in [0, 0.1) is 0 Å². The Balaban J connectivity index is 1.67. The van der Waals surface area contributed by atoms with E-state index in [1.807, 2.05) is 31.2 Å². The summed E-state index contributed by atoms with van der Waals surface area (Å²) in [5.74, 6) is 0.341. The molecule has 6 nitrogen and oxygen atoms in total. The van der Waals surface area contributed by atoms with Crippen LogP contribution in [0.1, 0.15) is 58.1 Å². The third kappa shape index (κ3) is 5.52. The number of aryl methyl sites for hydroxylation is 1. The summed E-state index contributed by atoms with van der Waals surface area (Å²) in [6, 6.07) is 8.83. The molecule has 0 aliphatic heterocycles. The molecule has 1 aliphatic rings. The molecule has 1 heterocycles. The Morgan fingerprint density at radius 1 is 1.25 bits per heavy atom. The number of anilines is 1. The van der Waals surface area contributed by atoms with Crippen molar-refractivity contribution in [3.63, 3.8) is 0 Å². The van der Waals surface area contributed by atoms with Crippen LogP contribution in [0.5, 0.6) is 0 Å². The number of nitrogens with zero attached hydrogens (tertiary/aromatic N) is 1. The van der Waals surface area contributed by atoms with Gasteiger partial charge >= 0.3 is 0 Å². The summed E-state index contributed by atoms with van der Waals surface area (Å²) >= 11 is 0. The van der Waals surface area contributed by atoms with E-state index in [4.69, 9.17) is 4.74 Å². The zero-order valence-corrected chi connectivity index (χ0v) is 16.7. The molecule has 1 fully saturated rings. The lowest BCUT2D eigenvalue weighted by Gasteiger charge is -2.20. The molecule has 6 heteroatoms. The predicted octanol–water partition coefficient (Wildman–Crippen LogP) is 4.07. The van der Waals surface area contributed by atoms with E-state index >= 15 is 0 Å². The third-order valence-electron chi connectivity index (χ3n) is 5.13. The molecule has 2 N–H and O–H groups in total. The summed E-state index contributed by atoms with van der Waals surface area (Å²) in [6.45, 7) is 3.76. The van der Waals surface area contributed by atoms with Gasteiger partial charge in [-0.3, -0.25) is 9.59 Å². The molecular weight excluding hydrogens is 354 g/mol. The van der Waals surface area contributed by atoms with Crippen LogP contribution in [-0.2, 0) is 16.0 Å². The van der Waals surface area contributed by atoms with E-state index in [1.165, 1.54) is 31.7 Å². The quantitative estimate of drug-likeness (QED) is 0.737. The molecular formula is C22H29N3O3. The number of aromatic nitrogens is 2. The molecule has 3 rings (SSSR count). The number of nitrogens with one attached hydrogen (secondary N) is 2. The maximum atomic E-state index is 12.6. The maximum Gasteiger partial charge on any atom is 0.253 e. The number of hydrogen-bond donors (Lipinski definition) is 2. The van der Waals surface area contributed by atoms with Crippen LogP contribution in [0.25, 0.3) is 11.4 Å². The molecule has 0 saturated heterocycles. The molecule has 1 aromatic heterocycles. The molecule has 1 unspecified atom stereocenters. The first-order valence-corrected chi connectivity index (χ1v) is 10.2. The van der Waals surface area contributed by atoms with E-state index in [0.29, 0.717) is 17.9 Å². The summed E-state index contributed by atoms with van der Waals surface area (Å²) in [6.07, 6.45) is 7.24. The lowest BCUT2D eigenvalue weighted by Crippen LogP contribution is -2.31. The van der Waals surface area contributed by atoms with Crippen LogP contribution in [0.15, 0.2) is 35.1 Å². The number of ether oxygens (including phenoxy) is 1. The van der Waals surface area contributed by atoms with E-state index in [9.17, 15) is 9.59 Å². The maximum absolute atomic E-state index is 12.6. The van der Waals surface area contributed by atoms with Gasteiger partial charge in [0.1, 0.15) is 11.9 Å². The van der Waals surface area contributed by atoms with Crippen LogP contribution in [-0.4, -0.2) is 28.1 Å². The molecule has 1 amide bonds. The lowest BCUT2D eigenvalue weighted by atomic mass is 10.1. The fourth-order valence-corrected chi connectivity index (χ4v) is 3.54. The minimum absolute atomic E-state index is 0.162. The first kappa shape index (κ1) is 20.3.